The smallest absolute Gasteiger partial charge is 0.359 e. The number of thiophene rings is 1. The highest BCUT2D eigenvalue weighted by Gasteiger charge is 2.24. The van der Waals surface area contributed by atoms with Crippen LogP contribution in [0.5, 0.6) is 0 Å². The quantitative estimate of drug-likeness (QED) is 0.264. The van der Waals surface area contributed by atoms with Crippen LogP contribution in [0.15, 0.2) is 74.0 Å². The van der Waals surface area contributed by atoms with Crippen LogP contribution in [0.25, 0.3) is 27.4 Å². The van der Waals surface area contributed by atoms with Gasteiger partial charge >= 0.3 is 11.6 Å². The highest BCUT2D eigenvalue weighted by atomic mass is 35.5. The van der Waals surface area contributed by atoms with E-state index in [4.69, 9.17) is 20.8 Å². The number of nitrogens with zero attached hydrogens (tertiary/aromatic N) is 2. The van der Waals surface area contributed by atoms with Crippen LogP contribution in [0.3, 0.4) is 0 Å². The fraction of sp³-hybridized carbons (Fsp3) is 0.0800. The molecule has 0 unspecified atom stereocenters. The predicted molar refractivity (Wildman–Crippen MR) is 137 cm³/mol. The van der Waals surface area contributed by atoms with Crippen molar-refractivity contribution in [2.75, 3.05) is 11.9 Å². The van der Waals surface area contributed by atoms with E-state index in [0.29, 0.717) is 21.7 Å². The third-order valence-electron chi connectivity index (χ3n) is 5.29. The van der Waals surface area contributed by atoms with E-state index in [1.807, 2.05) is 0 Å². The van der Waals surface area contributed by atoms with E-state index in [2.05, 4.69) is 10.4 Å². The number of halogens is 1. The van der Waals surface area contributed by atoms with Gasteiger partial charge in [0.1, 0.15) is 16.1 Å². The Balaban J connectivity index is 1.66. The maximum absolute atomic E-state index is 13.5. The lowest BCUT2D eigenvalue weighted by Crippen LogP contribution is -2.26. The van der Waals surface area contributed by atoms with Gasteiger partial charge in [-0.1, -0.05) is 35.9 Å². The second kappa shape index (κ2) is 9.40. The Bertz CT molecular complexity index is 1790. The number of anilines is 1. The number of aromatic nitrogens is 2. The average Bonchev–Trinajstić information content (AvgIpc) is 3.28. The molecule has 2 aromatic carbocycles. The Morgan fingerprint density at radius 3 is 2.72 bits per heavy atom. The summed E-state index contributed by atoms with van der Waals surface area (Å²) in [6.45, 7) is 1.75. The Hall–Kier alpha value is -4.28. The zero-order chi connectivity index (χ0) is 25.4. The summed E-state index contributed by atoms with van der Waals surface area (Å²) in [6.07, 6.45) is 0. The minimum atomic E-state index is -0.822. The van der Waals surface area contributed by atoms with Gasteiger partial charge in [-0.3, -0.25) is 9.59 Å². The van der Waals surface area contributed by atoms with E-state index in [9.17, 15) is 19.2 Å². The van der Waals surface area contributed by atoms with Gasteiger partial charge in [0.05, 0.1) is 17.7 Å². The normalized spacial score (nSPS) is 11.1. The first-order valence-electron chi connectivity index (χ1n) is 10.7. The van der Waals surface area contributed by atoms with Gasteiger partial charge in [-0.25, -0.2) is 9.59 Å². The summed E-state index contributed by atoms with van der Waals surface area (Å²) in [5.74, 6) is -1.49. The Kier molecular flexibility index (Phi) is 6.13. The molecule has 36 heavy (non-hydrogen) atoms. The van der Waals surface area contributed by atoms with Crippen molar-refractivity contribution in [3.63, 3.8) is 0 Å². The first-order chi connectivity index (χ1) is 17.4. The summed E-state index contributed by atoms with van der Waals surface area (Å²) >= 11 is 7.11. The number of ether oxygens (including phenoxy) is 1. The number of benzene rings is 2. The second-order valence-corrected chi connectivity index (χ2v) is 8.87. The van der Waals surface area contributed by atoms with Gasteiger partial charge in [-0.2, -0.15) is 9.78 Å². The fourth-order valence-electron chi connectivity index (χ4n) is 3.67. The molecule has 180 valence electrons. The SMILES string of the molecule is CCOC(=O)c1nn(-c2cccc(Cl)c2)c(=O)c2c(NC(=O)c3cc4ccccc4oc3=O)scc12. The predicted octanol–water partition coefficient (Wildman–Crippen LogP) is 4.64. The molecular weight excluding hydrogens is 506 g/mol. The van der Waals surface area contributed by atoms with Crippen molar-refractivity contribution in [1.82, 2.24) is 9.78 Å². The number of nitrogens with one attached hydrogen (secondary N) is 1. The van der Waals surface area contributed by atoms with Crippen LogP contribution in [0.1, 0.15) is 27.8 Å². The van der Waals surface area contributed by atoms with Crippen LogP contribution in [-0.2, 0) is 4.74 Å². The molecule has 0 atom stereocenters. The maximum atomic E-state index is 13.5. The number of hydrogen-bond donors (Lipinski definition) is 1. The lowest BCUT2D eigenvalue weighted by Gasteiger charge is -2.10. The molecule has 0 saturated carbocycles. The number of para-hydroxylation sites is 1. The monoisotopic (exact) mass is 521 g/mol. The first kappa shape index (κ1) is 23.5. The Morgan fingerprint density at radius 2 is 1.94 bits per heavy atom. The van der Waals surface area contributed by atoms with Crippen molar-refractivity contribution in [2.24, 2.45) is 0 Å². The van der Waals surface area contributed by atoms with Gasteiger partial charge in [-0.05, 0) is 37.3 Å². The van der Waals surface area contributed by atoms with Crippen LogP contribution in [0.2, 0.25) is 5.02 Å². The molecular formula is C25H16ClN3O6S. The summed E-state index contributed by atoms with van der Waals surface area (Å²) in [6, 6.07) is 14.6. The molecule has 0 bridgehead atoms. The van der Waals surface area contributed by atoms with Gasteiger partial charge in [-0.15, -0.1) is 11.3 Å². The Labute approximate surface area is 211 Å². The molecule has 5 rings (SSSR count). The van der Waals surface area contributed by atoms with E-state index in [1.165, 1.54) is 17.5 Å². The van der Waals surface area contributed by atoms with E-state index in [-0.39, 0.29) is 33.6 Å². The topological polar surface area (TPSA) is 120 Å². The van der Waals surface area contributed by atoms with Gasteiger partial charge in [0.2, 0.25) is 0 Å². The standard InChI is InChI=1S/C25H16ClN3O6S/c1-2-34-25(33)20-17-12-36-22(19(17)23(31)29(28-20)15-8-5-7-14(26)11-15)27-21(30)16-10-13-6-3-4-9-18(13)35-24(16)32/h3-12H,2H2,1H3,(H,27,30). The highest BCUT2D eigenvalue weighted by molar-refractivity contribution is 7.16. The highest BCUT2D eigenvalue weighted by Crippen LogP contribution is 2.31. The van der Waals surface area contributed by atoms with Crippen LogP contribution < -0.4 is 16.5 Å². The van der Waals surface area contributed by atoms with Crippen molar-refractivity contribution < 1.29 is 18.7 Å². The van der Waals surface area contributed by atoms with Crippen molar-refractivity contribution in [1.29, 1.82) is 0 Å². The Morgan fingerprint density at radius 1 is 1.14 bits per heavy atom. The lowest BCUT2D eigenvalue weighted by atomic mass is 10.1. The molecule has 11 heteroatoms. The van der Waals surface area contributed by atoms with Crippen molar-refractivity contribution >= 4 is 61.6 Å². The van der Waals surface area contributed by atoms with Crippen molar-refractivity contribution in [3.05, 3.63) is 97.0 Å². The summed E-state index contributed by atoms with van der Waals surface area (Å²) in [4.78, 5) is 51.7. The van der Waals surface area contributed by atoms with Crippen molar-refractivity contribution in [3.8, 4) is 5.69 Å². The summed E-state index contributed by atoms with van der Waals surface area (Å²) < 4.78 is 11.4. The number of rotatable bonds is 5. The molecule has 0 aliphatic rings. The molecule has 3 heterocycles. The third kappa shape index (κ3) is 4.16. The zero-order valence-corrected chi connectivity index (χ0v) is 20.2. The molecule has 1 amide bonds. The number of esters is 1. The van der Waals surface area contributed by atoms with Crippen molar-refractivity contribution in [2.45, 2.75) is 6.92 Å². The molecule has 9 nitrogen and oxygen atoms in total. The van der Waals surface area contributed by atoms with Gasteiger partial charge < -0.3 is 14.5 Å². The van der Waals surface area contributed by atoms with Crippen LogP contribution in [0.4, 0.5) is 5.00 Å². The second-order valence-electron chi connectivity index (χ2n) is 7.56. The van der Waals surface area contributed by atoms with Gasteiger partial charge in [0.15, 0.2) is 5.69 Å². The van der Waals surface area contributed by atoms with Gasteiger partial charge in [0.25, 0.3) is 11.5 Å². The zero-order valence-electron chi connectivity index (χ0n) is 18.6. The number of amides is 1. The van der Waals surface area contributed by atoms with E-state index in [0.717, 1.165) is 16.0 Å². The molecule has 0 aliphatic carbocycles. The van der Waals surface area contributed by atoms with E-state index >= 15 is 0 Å². The first-order valence-corrected chi connectivity index (χ1v) is 11.9. The number of fused-ring (bicyclic) bond motifs is 2. The molecule has 3 aromatic heterocycles. The molecule has 5 aromatic rings. The van der Waals surface area contributed by atoms with E-state index < -0.39 is 23.1 Å². The van der Waals surface area contributed by atoms with Gasteiger partial charge in [0, 0.05) is 21.2 Å². The molecule has 0 radical (unpaired) electrons. The van der Waals surface area contributed by atoms with Crippen LogP contribution in [0, 0.1) is 0 Å². The minimum Gasteiger partial charge on any atom is -0.461 e. The van der Waals surface area contributed by atoms with E-state index in [1.54, 1.807) is 49.4 Å². The number of carbonyl (C=O) groups is 2. The molecule has 0 fully saturated rings. The van der Waals surface area contributed by atoms with Crippen LogP contribution in [-0.4, -0.2) is 28.3 Å². The van der Waals surface area contributed by atoms with Crippen LogP contribution >= 0.6 is 22.9 Å². The molecule has 0 aliphatic heterocycles. The summed E-state index contributed by atoms with van der Waals surface area (Å²) in [5.41, 5.74) is -1.09. The lowest BCUT2D eigenvalue weighted by molar-refractivity contribution is 0.0520. The largest absolute Gasteiger partial charge is 0.461 e. The summed E-state index contributed by atoms with van der Waals surface area (Å²) in [7, 11) is 0. The number of carbonyl (C=O) groups excluding carboxylic acids is 2. The number of hydrogen-bond acceptors (Lipinski definition) is 8. The fourth-order valence-corrected chi connectivity index (χ4v) is 4.78. The summed E-state index contributed by atoms with van der Waals surface area (Å²) in [5, 5.41) is 9.68. The molecule has 0 saturated heterocycles. The molecule has 1 N–H and O–H groups in total. The third-order valence-corrected chi connectivity index (χ3v) is 6.42. The average molecular weight is 522 g/mol. The maximum Gasteiger partial charge on any atom is 0.359 e. The minimum absolute atomic E-state index is 0.0385. The molecule has 0 spiro atoms.